The lowest BCUT2D eigenvalue weighted by atomic mass is 9.66. The molecule has 282 valence electrons. The summed E-state index contributed by atoms with van der Waals surface area (Å²) in [6.07, 6.45) is 0. The van der Waals surface area contributed by atoms with Crippen LogP contribution in [0.4, 0.5) is 0 Å². The van der Waals surface area contributed by atoms with E-state index in [0.29, 0.717) is 0 Å². The number of benzene rings is 8. The Morgan fingerprint density at radius 1 is 0.328 bits per heavy atom. The molecule has 2 aliphatic rings. The molecule has 4 heteroatoms. The molecule has 0 saturated carbocycles. The molecule has 8 aromatic carbocycles. The first kappa shape index (κ1) is 35.7. The minimum atomic E-state index is -0.583. The minimum absolute atomic E-state index is 0.0345. The van der Waals surface area contributed by atoms with Gasteiger partial charge in [0.25, 0.3) is 0 Å². The van der Waals surface area contributed by atoms with E-state index < -0.39 is 10.8 Å². The van der Waals surface area contributed by atoms with E-state index in [1.54, 1.807) is 0 Å². The second-order valence-corrected chi connectivity index (χ2v) is 15.0. The van der Waals surface area contributed by atoms with Crippen molar-refractivity contribution >= 4 is 0 Å². The van der Waals surface area contributed by atoms with Crippen LogP contribution in [0.3, 0.4) is 0 Å². The Morgan fingerprint density at radius 2 is 0.655 bits per heavy atom. The number of aliphatic hydroxyl groups is 2. The highest BCUT2D eigenvalue weighted by molar-refractivity contribution is 5.88. The first-order valence-electron chi connectivity index (χ1n) is 20.0. The van der Waals surface area contributed by atoms with Crippen LogP contribution < -0.4 is 9.47 Å². The van der Waals surface area contributed by atoms with Crippen LogP contribution in [0.25, 0.3) is 33.4 Å². The van der Waals surface area contributed by atoms with Crippen molar-refractivity contribution < 1.29 is 19.7 Å². The monoisotopic (exact) mass is 754 g/mol. The van der Waals surface area contributed by atoms with Crippen molar-refractivity contribution in [3.63, 3.8) is 0 Å². The van der Waals surface area contributed by atoms with E-state index in [-0.39, 0.29) is 26.4 Å². The standard InChI is InChI=1S/C54H42O4/c55-31-33-57-43-27-23-39(24-28-43)53(49-19-5-1-15-45(49)46-16-2-6-20-50(46)53)41-13-9-11-37(35-41)38-12-10-14-42(36-38)54(40-25-29-44(30-26-40)58-34-32-56)51-21-7-3-17-47(51)48-18-4-8-22-52(48)54/h1-30,35-36,55-56H,31-34H2. The van der Waals surface area contributed by atoms with E-state index >= 15 is 0 Å². The molecule has 0 aromatic heterocycles. The first-order chi connectivity index (χ1) is 28.7. The van der Waals surface area contributed by atoms with E-state index in [1.807, 2.05) is 24.3 Å². The Bertz CT molecular complexity index is 2480. The van der Waals surface area contributed by atoms with Crippen LogP contribution >= 0.6 is 0 Å². The third-order valence-corrected chi connectivity index (χ3v) is 12.1. The second-order valence-electron chi connectivity index (χ2n) is 15.0. The Morgan fingerprint density at radius 3 is 0.983 bits per heavy atom. The van der Waals surface area contributed by atoms with Crippen molar-refractivity contribution in [3.8, 4) is 44.9 Å². The lowest BCUT2D eigenvalue weighted by Gasteiger charge is -2.35. The molecule has 10 rings (SSSR count). The molecule has 2 aliphatic carbocycles. The molecule has 0 aliphatic heterocycles. The Kier molecular flexibility index (Phi) is 9.01. The molecule has 4 nitrogen and oxygen atoms in total. The Labute approximate surface area is 339 Å². The number of hydrogen-bond acceptors (Lipinski definition) is 4. The largest absolute Gasteiger partial charge is 0.491 e. The summed E-state index contributed by atoms with van der Waals surface area (Å²) in [7, 11) is 0. The topological polar surface area (TPSA) is 58.9 Å². The predicted octanol–water partition coefficient (Wildman–Crippen LogP) is 10.8. The Hall–Kier alpha value is -6.72. The van der Waals surface area contributed by atoms with Crippen molar-refractivity contribution in [2.75, 3.05) is 26.4 Å². The number of ether oxygens (including phenoxy) is 2. The fourth-order valence-corrected chi connectivity index (χ4v) is 9.84. The lowest BCUT2D eigenvalue weighted by molar-refractivity contribution is 0.201. The minimum Gasteiger partial charge on any atom is -0.491 e. The molecule has 58 heavy (non-hydrogen) atoms. The van der Waals surface area contributed by atoms with Gasteiger partial charge in [-0.2, -0.15) is 0 Å². The van der Waals surface area contributed by atoms with Gasteiger partial charge in [-0.1, -0.05) is 158 Å². The number of hydrogen-bond donors (Lipinski definition) is 2. The van der Waals surface area contributed by atoms with Crippen LogP contribution in [-0.4, -0.2) is 36.6 Å². The Balaban J connectivity index is 1.17. The first-order valence-corrected chi connectivity index (χ1v) is 20.0. The molecule has 0 heterocycles. The summed E-state index contributed by atoms with van der Waals surface area (Å²) in [6, 6.07) is 70.1. The predicted molar refractivity (Wildman–Crippen MR) is 232 cm³/mol. The number of fused-ring (bicyclic) bond motifs is 6. The molecule has 8 aromatic rings. The molecule has 0 unspecified atom stereocenters. The van der Waals surface area contributed by atoms with E-state index in [2.05, 4.69) is 170 Å². The maximum atomic E-state index is 9.42. The molecular formula is C54H42O4. The summed E-state index contributed by atoms with van der Waals surface area (Å²) < 4.78 is 11.6. The van der Waals surface area contributed by atoms with E-state index in [1.165, 1.54) is 55.6 Å². The average Bonchev–Trinajstić information content (AvgIpc) is 3.77. The zero-order chi connectivity index (χ0) is 39.1. The quantitative estimate of drug-likeness (QED) is 0.138. The molecule has 0 bridgehead atoms. The van der Waals surface area contributed by atoms with Gasteiger partial charge in [-0.05, 0) is 114 Å². The van der Waals surface area contributed by atoms with E-state index in [0.717, 1.165) is 33.8 Å². The highest BCUT2D eigenvalue weighted by Crippen LogP contribution is 2.58. The van der Waals surface area contributed by atoms with E-state index in [9.17, 15) is 10.2 Å². The molecule has 0 atom stereocenters. The van der Waals surface area contributed by atoms with Crippen LogP contribution in [-0.2, 0) is 10.8 Å². The van der Waals surface area contributed by atoms with Gasteiger partial charge < -0.3 is 19.7 Å². The van der Waals surface area contributed by atoms with Gasteiger partial charge in [-0.3, -0.25) is 0 Å². The highest BCUT2D eigenvalue weighted by Gasteiger charge is 2.47. The van der Waals surface area contributed by atoms with Crippen LogP contribution in [0.2, 0.25) is 0 Å². The SMILES string of the molecule is OCCOc1ccc(C2(c3cccc(-c4cccc(C5(c6ccc(OCCO)cc6)c6ccccc6-c6ccccc65)c4)c3)c3ccccc3-c3ccccc32)cc1. The molecule has 0 amide bonds. The van der Waals surface area contributed by atoms with Gasteiger partial charge in [0.05, 0.1) is 24.0 Å². The summed E-state index contributed by atoms with van der Waals surface area (Å²) in [6.45, 7) is 0.431. The second kappa shape index (κ2) is 14.7. The van der Waals surface area contributed by atoms with Gasteiger partial charge in [-0.15, -0.1) is 0 Å². The lowest BCUT2D eigenvalue weighted by Crippen LogP contribution is -2.29. The molecular weight excluding hydrogens is 713 g/mol. The van der Waals surface area contributed by atoms with Crippen molar-refractivity contribution in [2.45, 2.75) is 10.8 Å². The third kappa shape index (κ3) is 5.44. The zero-order valence-electron chi connectivity index (χ0n) is 32.0. The van der Waals surface area contributed by atoms with Crippen LogP contribution in [0.1, 0.15) is 44.5 Å². The summed E-state index contributed by atoms with van der Waals surface area (Å²) in [5, 5.41) is 18.8. The van der Waals surface area contributed by atoms with Crippen molar-refractivity contribution in [2.24, 2.45) is 0 Å². The fraction of sp³-hybridized carbons (Fsp3) is 0.111. The molecule has 0 radical (unpaired) electrons. The van der Waals surface area contributed by atoms with E-state index in [4.69, 9.17) is 9.47 Å². The molecule has 0 saturated heterocycles. The van der Waals surface area contributed by atoms with Gasteiger partial charge in [-0.25, -0.2) is 0 Å². The third-order valence-electron chi connectivity index (χ3n) is 12.1. The van der Waals surface area contributed by atoms with Gasteiger partial charge in [0, 0.05) is 0 Å². The molecule has 2 N–H and O–H groups in total. The van der Waals surface area contributed by atoms with Crippen molar-refractivity contribution in [3.05, 3.63) is 239 Å². The maximum Gasteiger partial charge on any atom is 0.119 e. The highest BCUT2D eigenvalue weighted by atomic mass is 16.5. The number of aliphatic hydroxyl groups excluding tert-OH is 2. The normalized spacial score (nSPS) is 13.9. The molecule has 0 fully saturated rings. The van der Waals surface area contributed by atoms with Crippen molar-refractivity contribution in [1.82, 2.24) is 0 Å². The van der Waals surface area contributed by atoms with Crippen LogP contribution in [0, 0.1) is 0 Å². The summed E-state index contributed by atoms with van der Waals surface area (Å²) in [4.78, 5) is 0. The van der Waals surface area contributed by atoms with Crippen LogP contribution in [0.5, 0.6) is 11.5 Å². The average molecular weight is 755 g/mol. The van der Waals surface area contributed by atoms with Gasteiger partial charge in [0.2, 0.25) is 0 Å². The smallest absolute Gasteiger partial charge is 0.119 e. The summed E-state index contributed by atoms with van der Waals surface area (Å²) in [5.74, 6) is 1.46. The van der Waals surface area contributed by atoms with Crippen molar-refractivity contribution in [1.29, 1.82) is 0 Å². The maximum absolute atomic E-state index is 9.42. The number of rotatable bonds is 11. The molecule has 0 spiro atoms. The summed E-state index contributed by atoms with van der Waals surface area (Å²) in [5.41, 5.74) is 15.7. The van der Waals surface area contributed by atoms with Gasteiger partial charge in [0.1, 0.15) is 24.7 Å². The summed E-state index contributed by atoms with van der Waals surface area (Å²) >= 11 is 0. The van der Waals surface area contributed by atoms with Gasteiger partial charge >= 0.3 is 0 Å². The van der Waals surface area contributed by atoms with Gasteiger partial charge in [0.15, 0.2) is 0 Å². The zero-order valence-corrected chi connectivity index (χ0v) is 32.0. The van der Waals surface area contributed by atoms with Crippen LogP contribution in [0.15, 0.2) is 194 Å². The fourth-order valence-electron chi connectivity index (χ4n) is 9.84.